The van der Waals surface area contributed by atoms with Gasteiger partial charge < -0.3 is 18.9 Å². The summed E-state index contributed by atoms with van der Waals surface area (Å²) in [7, 11) is 1.65. The van der Waals surface area contributed by atoms with Crippen molar-refractivity contribution in [1.82, 2.24) is 24.6 Å². The summed E-state index contributed by atoms with van der Waals surface area (Å²) in [6, 6.07) is 15.6. The largest absolute Gasteiger partial charge is 0.497 e. The van der Waals surface area contributed by atoms with Crippen molar-refractivity contribution in [3.05, 3.63) is 84.1 Å². The number of aryl methyl sites for hydroxylation is 1. The number of ether oxygens (including phenoxy) is 2. The van der Waals surface area contributed by atoms with Gasteiger partial charge in [-0.25, -0.2) is 4.98 Å². The molecule has 0 fully saturated rings. The Kier molecular flexibility index (Phi) is 7.02. The molecule has 1 unspecified atom stereocenters. The van der Waals surface area contributed by atoms with Crippen molar-refractivity contribution in [3.63, 3.8) is 0 Å². The SMILES string of the molecule is CCCCOc1ccc(C2c3c(-c4ccc(OC)cc4)n[nH]c3C(=O)N2CCCn2ccnc2)cc1. The maximum Gasteiger partial charge on any atom is 0.273 e. The highest BCUT2D eigenvalue weighted by Crippen LogP contribution is 2.43. The van der Waals surface area contributed by atoms with Crippen LogP contribution in [0.2, 0.25) is 0 Å². The molecular weight excluding hydrogens is 454 g/mol. The molecule has 1 atom stereocenters. The molecule has 36 heavy (non-hydrogen) atoms. The van der Waals surface area contributed by atoms with Crippen molar-refractivity contribution >= 4 is 5.91 Å². The van der Waals surface area contributed by atoms with E-state index in [1.54, 1.807) is 19.6 Å². The Bertz CT molecular complexity index is 1280. The number of hydrogen-bond acceptors (Lipinski definition) is 5. The summed E-state index contributed by atoms with van der Waals surface area (Å²) in [5.41, 5.74) is 4.21. The van der Waals surface area contributed by atoms with Crippen LogP contribution in [0.4, 0.5) is 0 Å². The summed E-state index contributed by atoms with van der Waals surface area (Å²) < 4.78 is 13.2. The van der Waals surface area contributed by atoms with Crippen LogP contribution in [-0.2, 0) is 6.54 Å². The molecule has 1 N–H and O–H groups in total. The third kappa shape index (κ3) is 4.71. The van der Waals surface area contributed by atoms with Crippen LogP contribution < -0.4 is 9.47 Å². The molecular formula is C28H31N5O3. The molecule has 186 valence electrons. The zero-order valence-electron chi connectivity index (χ0n) is 20.7. The third-order valence-corrected chi connectivity index (χ3v) is 6.56. The van der Waals surface area contributed by atoms with Gasteiger partial charge in [-0.15, -0.1) is 0 Å². The van der Waals surface area contributed by atoms with Crippen molar-refractivity contribution < 1.29 is 14.3 Å². The van der Waals surface area contributed by atoms with E-state index in [-0.39, 0.29) is 11.9 Å². The van der Waals surface area contributed by atoms with Crippen LogP contribution in [0.5, 0.6) is 11.5 Å². The van der Waals surface area contributed by atoms with Crippen LogP contribution in [0.15, 0.2) is 67.3 Å². The lowest BCUT2D eigenvalue weighted by atomic mass is 9.96. The topological polar surface area (TPSA) is 85.3 Å². The van der Waals surface area contributed by atoms with Crippen LogP contribution in [0.25, 0.3) is 11.3 Å². The Morgan fingerprint density at radius 3 is 2.47 bits per heavy atom. The number of amides is 1. The molecule has 1 amide bonds. The molecule has 1 aliphatic heterocycles. The highest BCUT2D eigenvalue weighted by Gasteiger charge is 2.41. The number of H-pyrrole nitrogens is 1. The third-order valence-electron chi connectivity index (χ3n) is 6.56. The smallest absolute Gasteiger partial charge is 0.273 e. The fraction of sp³-hybridized carbons (Fsp3) is 0.321. The van der Waals surface area contributed by atoms with Crippen molar-refractivity contribution in [1.29, 1.82) is 0 Å². The van der Waals surface area contributed by atoms with E-state index in [0.29, 0.717) is 18.8 Å². The van der Waals surface area contributed by atoms with Gasteiger partial charge >= 0.3 is 0 Å². The lowest BCUT2D eigenvalue weighted by Gasteiger charge is -2.26. The number of carbonyl (C=O) groups excluding carboxylic acids is 1. The summed E-state index contributed by atoms with van der Waals surface area (Å²) >= 11 is 0. The number of unbranched alkanes of at least 4 members (excludes halogenated alkanes) is 1. The van der Waals surface area contributed by atoms with Crippen LogP contribution >= 0.6 is 0 Å². The predicted octanol–water partition coefficient (Wildman–Crippen LogP) is 5.10. The summed E-state index contributed by atoms with van der Waals surface area (Å²) in [5, 5.41) is 7.59. The van der Waals surface area contributed by atoms with Gasteiger partial charge in [0.15, 0.2) is 0 Å². The summed E-state index contributed by atoms with van der Waals surface area (Å²) in [6.45, 7) is 4.25. The van der Waals surface area contributed by atoms with Crippen molar-refractivity contribution in [3.8, 4) is 22.8 Å². The molecule has 1 aliphatic rings. The summed E-state index contributed by atoms with van der Waals surface area (Å²) in [6.07, 6.45) is 8.43. The molecule has 0 saturated heterocycles. The van der Waals surface area contributed by atoms with Crippen molar-refractivity contribution in [2.45, 2.75) is 38.8 Å². The fourth-order valence-electron chi connectivity index (χ4n) is 4.67. The van der Waals surface area contributed by atoms with Crippen LogP contribution in [0, 0.1) is 0 Å². The van der Waals surface area contributed by atoms with E-state index in [2.05, 4.69) is 34.2 Å². The lowest BCUT2D eigenvalue weighted by molar-refractivity contribution is 0.0739. The number of aromatic amines is 1. The number of aromatic nitrogens is 4. The van der Waals surface area contributed by atoms with Crippen LogP contribution in [0.1, 0.15) is 53.8 Å². The molecule has 0 aliphatic carbocycles. The average molecular weight is 486 g/mol. The average Bonchev–Trinajstić information content (AvgIpc) is 3.64. The van der Waals surface area contributed by atoms with Crippen molar-refractivity contribution in [2.75, 3.05) is 20.3 Å². The number of nitrogens with zero attached hydrogens (tertiary/aromatic N) is 4. The maximum absolute atomic E-state index is 13.6. The number of hydrogen-bond donors (Lipinski definition) is 1. The number of nitrogens with one attached hydrogen (secondary N) is 1. The zero-order valence-corrected chi connectivity index (χ0v) is 20.7. The second kappa shape index (κ2) is 10.7. The highest BCUT2D eigenvalue weighted by molar-refractivity contribution is 6.00. The molecule has 5 rings (SSSR count). The summed E-state index contributed by atoms with van der Waals surface area (Å²) in [5.74, 6) is 1.58. The molecule has 0 radical (unpaired) electrons. The van der Waals surface area contributed by atoms with Gasteiger partial charge in [0.2, 0.25) is 0 Å². The summed E-state index contributed by atoms with van der Waals surface area (Å²) in [4.78, 5) is 19.6. The van der Waals surface area contributed by atoms with Crippen LogP contribution in [-0.4, -0.2) is 50.8 Å². The van der Waals surface area contributed by atoms with Gasteiger partial charge in [0.1, 0.15) is 17.2 Å². The lowest BCUT2D eigenvalue weighted by Crippen LogP contribution is -2.31. The van der Waals surface area contributed by atoms with E-state index in [1.807, 2.05) is 52.1 Å². The maximum atomic E-state index is 13.6. The molecule has 8 heteroatoms. The van der Waals surface area contributed by atoms with Gasteiger partial charge in [-0.05, 0) is 54.8 Å². The van der Waals surface area contributed by atoms with Crippen molar-refractivity contribution in [2.24, 2.45) is 0 Å². The number of benzene rings is 2. The molecule has 0 spiro atoms. The fourth-order valence-corrected chi connectivity index (χ4v) is 4.67. The Morgan fingerprint density at radius 2 is 1.78 bits per heavy atom. The van der Waals surface area contributed by atoms with Gasteiger partial charge in [-0.3, -0.25) is 9.89 Å². The number of fused-ring (bicyclic) bond motifs is 1. The molecule has 3 heterocycles. The van der Waals surface area contributed by atoms with E-state index < -0.39 is 0 Å². The van der Waals surface area contributed by atoms with Crippen LogP contribution in [0.3, 0.4) is 0 Å². The second-order valence-electron chi connectivity index (χ2n) is 8.92. The Balaban J connectivity index is 1.46. The van der Waals surface area contributed by atoms with E-state index in [1.165, 1.54) is 0 Å². The minimum absolute atomic E-state index is 0.0313. The highest BCUT2D eigenvalue weighted by atomic mass is 16.5. The normalized spacial score (nSPS) is 14.8. The Labute approximate surface area is 210 Å². The van der Waals surface area contributed by atoms with Gasteiger partial charge in [0, 0.05) is 36.6 Å². The molecule has 0 saturated carbocycles. The van der Waals surface area contributed by atoms with Gasteiger partial charge in [-0.2, -0.15) is 5.10 Å². The Morgan fingerprint density at radius 1 is 1.00 bits per heavy atom. The second-order valence-corrected chi connectivity index (χ2v) is 8.92. The first-order valence-electron chi connectivity index (χ1n) is 12.4. The van der Waals surface area contributed by atoms with Gasteiger partial charge in [0.25, 0.3) is 5.91 Å². The quantitative estimate of drug-likeness (QED) is 0.299. The monoisotopic (exact) mass is 485 g/mol. The predicted molar refractivity (Wildman–Crippen MR) is 137 cm³/mol. The molecule has 2 aromatic carbocycles. The minimum atomic E-state index is -0.240. The number of rotatable bonds is 11. The van der Waals surface area contributed by atoms with E-state index >= 15 is 0 Å². The first-order chi connectivity index (χ1) is 17.7. The number of methoxy groups -OCH3 is 1. The molecule has 4 aromatic rings. The van der Waals surface area contributed by atoms with E-state index in [4.69, 9.17) is 9.47 Å². The van der Waals surface area contributed by atoms with Gasteiger partial charge in [-0.1, -0.05) is 25.5 Å². The Hall–Kier alpha value is -4.07. The first-order valence-corrected chi connectivity index (χ1v) is 12.4. The number of imidazole rings is 1. The van der Waals surface area contributed by atoms with E-state index in [0.717, 1.165) is 59.7 Å². The number of carbonyl (C=O) groups is 1. The standard InChI is InChI=1S/C28H31N5O3/c1-3-4-18-36-23-12-8-21(9-13-23)27-24-25(20-6-10-22(35-2)11-7-20)30-31-26(24)28(34)33(27)16-5-15-32-17-14-29-19-32/h6-14,17,19,27H,3-5,15-16,18H2,1-2H3,(H,30,31). The zero-order chi connectivity index (χ0) is 24.9. The van der Waals surface area contributed by atoms with Gasteiger partial charge in [0.05, 0.1) is 31.8 Å². The first kappa shape index (κ1) is 23.7. The molecule has 8 nitrogen and oxygen atoms in total. The van der Waals surface area contributed by atoms with E-state index in [9.17, 15) is 4.79 Å². The molecule has 2 aromatic heterocycles. The molecule has 0 bridgehead atoms. The minimum Gasteiger partial charge on any atom is -0.497 e.